The van der Waals surface area contributed by atoms with Gasteiger partial charge in [0.25, 0.3) is 0 Å². The topological polar surface area (TPSA) is 52.3 Å². The molecule has 1 fully saturated rings. The summed E-state index contributed by atoms with van der Waals surface area (Å²) in [5.41, 5.74) is 3.27. The predicted octanol–water partition coefficient (Wildman–Crippen LogP) is 1.16. The molecule has 2 N–H and O–H groups in total. The zero-order valence-electron chi connectivity index (χ0n) is 8.10. The molecule has 1 rings (SSSR count). The average Bonchev–Trinajstić information content (AvgIpc) is 2.67. The number of hydrogen-bond acceptors (Lipinski definition) is 3. The third-order valence-electron chi connectivity index (χ3n) is 2.22. The lowest BCUT2D eigenvalue weighted by Crippen LogP contribution is -2.48. The molecule has 1 aliphatic carbocycles. The van der Waals surface area contributed by atoms with E-state index in [0.29, 0.717) is 12.8 Å². The van der Waals surface area contributed by atoms with Gasteiger partial charge in [-0.25, -0.2) is 4.39 Å². The fourth-order valence-electron chi connectivity index (χ4n) is 1.34. The second kappa shape index (κ2) is 3.25. The SMILES string of the molecule is CCOC(=O)C(C)(N)CC1(F)CC1. The Balaban J connectivity index is 2.48. The van der Waals surface area contributed by atoms with Crippen molar-refractivity contribution in [1.82, 2.24) is 0 Å². The van der Waals surface area contributed by atoms with Crippen LogP contribution in [-0.4, -0.2) is 23.8 Å². The third kappa shape index (κ3) is 2.66. The first-order chi connectivity index (χ1) is 5.90. The number of esters is 1. The minimum atomic E-state index is -1.21. The van der Waals surface area contributed by atoms with Crippen molar-refractivity contribution in [2.45, 2.75) is 44.3 Å². The summed E-state index contributed by atoms with van der Waals surface area (Å²) in [5, 5.41) is 0. The van der Waals surface area contributed by atoms with Gasteiger partial charge in [-0.2, -0.15) is 0 Å². The monoisotopic (exact) mass is 189 g/mol. The number of nitrogens with two attached hydrogens (primary N) is 1. The largest absolute Gasteiger partial charge is 0.465 e. The molecule has 1 saturated carbocycles. The highest BCUT2D eigenvalue weighted by molar-refractivity contribution is 5.80. The molecular weight excluding hydrogens is 173 g/mol. The summed E-state index contributed by atoms with van der Waals surface area (Å²) in [6.07, 6.45) is 1.09. The fourth-order valence-corrected chi connectivity index (χ4v) is 1.34. The molecule has 1 aliphatic rings. The smallest absolute Gasteiger partial charge is 0.325 e. The molecule has 1 unspecified atom stereocenters. The number of ether oxygens (including phenoxy) is 1. The molecule has 4 heteroatoms. The predicted molar refractivity (Wildman–Crippen MR) is 46.9 cm³/mol. The van der Waals surface area contributed by atoms with E-state index < -0.39 is 17.2 Å². The van der Waals surface area contributed by atoms with Crippen LogP contribution in [0.15, 0.2) is 0 Å². The quantitative estimate of drug-likeness (QED) is 0.675. The van der Waals surface area contributed by atoms with Crippen molar-refractivity contribution in [3.05, 3.63) is 0 Å². The van der Waals surface area contributed by atoms with E-state index in [1.807, 2.05) is 0 Å². The van der Waals surface area contributed by atoms with Crippen LogP contribution in [0.2, 0.25) is 0 Å². The molecule has 76 valence electrons. The normalized spacial score (nSPS) is 23.4. The van der Waals surface area contributed by atoms with E-state index in [-0.39, 0.29) is 13.0 Å². The van der Waals surface area contributed by atoms with Crippen LogP contribution in [0.4, 0.5) is 4.39 Å². The first kappa shape index (κ1) is 10.4. The van der Waals surface area contributed by atoms with Crippen LogP contribution in [-0.2, 0) is 9.53 Å². The first-order valence-electron chi connectivity index (χ1n) is 4.55. The van der Waals surface area contributed by atoms with Gasteiger partial charge in [0.2, 0.25) is 0 Å². The van der Waals surface area contributed by atoms with Crippen LogP contribution >= 0.6 is 0 Å². The van der Waals surface area contributed by atoms with Gasteiger partial charge in [0, 0.05) is 6.42 Å². The molecule has 0 aromatic rings. The van der Waals surface area contributed by atoms with Gasteiger partial charge in [-0.05, 0) is 26.7 Å². The summed E-state index contributed by atoms with van der Waals surface area (Å²) in [6.45, 7) is 3.51. The van der Waals surface area contributed by atoms with Crippen molar-refractivity contribution < 1.29 is 13.9 Å². The lowest BCUT2D eigenvalue weighted by atomic mass is 9.95. The van der Waals surface area contributed by atoms with E-state index in [4.69, 9.17) is 10.5 Å². The molecular formula is C9H16FNO2. The van der Waals surface area contributed by atoms with Crippen LogP contribution in [0.25, 0.3) is 0 Å². The van der Waals surface area contributed by atoms with Crippen LogP contribution in [0, 0.1) is 0 Å². The van der Waals surface area contributed by atoms with Gasteiger partial charge < -0.3 is 10.5 Å². The molecule has 0 bridgehead atoms. The second-order valence-corrected chi connectivity index (χ2v) is 3.97. The lowest BCUT2D eigenvalue weighted by molar-refractivity contribution is -0.150. The van der Waals surface area contributed by atoms with E-state index in [1.54, 1.807) is 6.92 Å². The van der Waals surface area contributed by atoms with Gasteiger partial charge in [0.15, 0.2) is 0 Å². The number of carbonyl (C=O) groups is 1. The summed E-state index contributed by atoms with van der Waals surface area (Å²) in [4.78, 5) is 11.3. The highest BCUT2D eigenvalue weighted by Gasteiger charge is 2.49. The Labute approximate surface area is 77.4 Å². The number of rotatable bonds is 4. The minimum absolute atomic E-state index is 0.0683. The molecule has 0 radical (unpaired) electrons. The number of halogens is 1. The van der Waals surface area contributed by atoms with Crippen LogP contribution < -0.4 is 5.73 Å². The molecule has 3 nitrogen and oxygen atoms in total. The molecule has 0 aromatic carbocycles. The average molecular weight is 189 g/mol. The second-order valence-electron chi connectivity index (χ2n) is 3.97. The maximum atomic E-state index is 13.3. The van der Waals surface area contributed by atoms with Gasteiger partial charge in [0.1, 0.15) is 11.2 Å². The maximum Gasteiger partial charge on any atom is 0.325 e. The highest BCUT2D eigenvalue weighted by Crippen LogP contribution is 2.45. The first-order valence-corrected chi connectivity index (χ1v) is 4.55. The molecule has 0 heterocycles. The number of alkyl halides is 1. The summed E-state index contributed by atoms with van der Waals surface area (Å²) in [6, 6.07) is 0. The zero-order valence-corrected chi connectivity index (χ0v) is 8.10. The van der Waals surface area contributed by atoms with Crippen molar-refractivity contribution in [2.24, 2.45) is 5.73 Å². The van der Waals surface area contributed by atoms with Crippen molar-refractivity contribution in [3.63, 3.8) is 0 Å². The molecule has 0 aromatic heterocycles. The Morgan fingerprint density at radius 1 is 1.69 bits per heavy atom. The molecule has 0 amide bonds. The Morgan fingerprint density at radius 3 is 2.62 bits per heavy atom. The molecule has 0 aliphatic heterocycles. The minimum Gasteiger partial charge on any atom is -0.465 e. The zero-order chi connectivity index (χ0) is 10.1. The standard InChI is InChI=1S/C9H16FNO2/c1-3-13-7(12)8(2,11)6-9(10)4-5-9/h3-6,11H2,1-2H3. The van der Waals surface area contributed by atoms with E-state index >= 15 is 0 Å². The summed E-state index contributed by atoms with van der Waals surface area (Å²) in [5.74, 6) is -0.515. The Hall–Kier alpha value is -0.640. The molecule has 0 spiro atoms. The van der Waals surface area contributed by atoms with Crippen LogP contribution in [0.1, 0.15) is 33.1 Å². The van der Waals surface area contributed by atoms with Crippen molar-refractivity contribution in [3.8, 4) is 0 Å². The summed E-state index contributed by atoms with van der Waals surface area (Å²) >= 11 is 0. The van der Waals surface area contributed by atoms with E-state index in [9.17, 15) is 9.18 Å². The Morgan fingerprint density at radius 2 is 2.23 bits per heavy atom. The summed E-state index contributed by atoms with van der Waals surface area (Å²) < 4.78 is 18.1. The Kier molecular flexibility index (Phi) is 2.61. The van der Waals surface area contributed by atoms with Crippen molar-refractivity contribution in [2.75, 3.05) is 6.61 Å². The Bertz CT molecular complexity index is 212. The maximum absolute atomic E-state index is 13.3. The van der Waals surface area contributed by atoms with Crippen LogP contribution in [0.5, 0.6) is 0 Å². The van der Waals surface area contributed by atoms with Crippen molar-refractivity contribution in [1.29, 1.82) is 0 Å². The van der Waals surface area contributed by atoms with Gasteiger partial charge in [-0.1, -0.05) is 0 Å². The lowest BCUT2D eigenvalue weighted by Gasteiger charge is -2.23. The molecule has 0 saturated heterocycles. The number of carbonyl (C=O) groups excluding carboxylic acids is 1. The number of hydrogen-bond donors (Lipinski definition) is 1. The van der Waals surface area contributed by atoms with E-state index in [2.05, 4.69) is 0 Å². The van der Waals surface area contributed by atoms with Gasteiger partial charge in [-0.15, -0.1) is 0 Å². The molecule has 1 atom stereocenters. The molecule has 13 heavy (non-hydrogen) atoms. The van der Waals surface area contributed by atoms with Gasteiger partial charge in [0.05, 0.1) is 6.61 Å². The van der Waals surface area contributed by atoms with E-state index in [1.165, 1.54) is 6.92 Å². The highest BCUT2D eigenvalue weighted by atomic mass is 19.1. The fraction of sp³-hybridized carbons (Fsp3) is 0.889. The van der Waals surface area contributed by atoms with Crippen LogP contribution in [0.3, 0.4) is 0 Å². The van der Waals surface area contributed by atoms with E-state index in [0.717, 1.165) is 0 Å². The van der Waals surface area contributed by atoms with Gasteiger partial charge >= 0.3 is 5.97 Å². The third-order valence-corrected chi connectivity index (χ3v) is 2.22. The van der Waals surface area contributed by atoms with Gasteiger partial charge in [-0.3, -0.25) is 4.79 Å². The summed E-state index contributed by atoms with van der Waals surface area (Å²) in [7, 11) is 0. The van der Waals surface area contributed by atoms with Crippen molar-refractivity contribution >= 4 is 5.97 Å².